The first-order valence-electron chi connectivity index (χ1n) is 10.8. The number of fused-ring (bicyclic) bond motifs is 2. The Labute approximate surface area is 185 Å². The van der Waals surface area contributed by atoms with E-state index in [2.05, 4.69) is 33.1 Å². The highest BCUT2D eigenvalue weighted by molar-refractivity contribution is 5.97. The first-order chi connectivity index (χ1) is 15.6. The Bertz CT molecular complexity index is 1110. The van der Waals surface area contributed by atoms with E-state index in [1.807, 2.05) is 12.1 Å². The van der Waals surface area contributed by atoms with Crippen molar-refractivity contribution >= 4 is 23.5 Å². The molecule has 1 aliphatic carbocycles. The van der Waals surface area contributed by atoms with Gasteiger partial charge in [0.1, 0.15) is 5.82 Å². The molecule has 1 saturated heterocycles. The van der Waals surface area contributed by atoms with Gasteiger partial charge in [-0.1, -0.05) is 12.1 Å². The Balaban J connectivity index is 1.10. The number of nitriles is 1. The molecule has 164 valence electrons. The van der Waals surface area contributed by atoms with Gasteiger partial charge in [0, 0.05) is 38.1 Å². The summed E-state index contributed by atoms with van der Waals surface area (Å²) in [5.41, 5.74) is 3.19. The summed E-state index contributed by atoms with van der Waals surface area (Å²) in [5.74, 6) is 1.12. The van der Waals surface area contributed by atoms with Crippen LogP contribution in [0.3, 0.4) is 0 Å². The number of aromatic nitrogens is 1. The molecule has 5 rings (SSSR count). The maximum absolute atomic E-state index is 12.5. The molecule has 2 atom stereocenters. The molecule has 0 bridgehead atoms. The van der Waals surface area contributed by atoms with Crippen molar-refractivity contribution in [3.63, 3.8) is 0 Å². The average Bonchev–Trinajstić information content (AvgIpc) is 3.38. The van der Waals surface area contributed by atoms with Crippen LogP contribution >= 0.6 is 0 Å². The van der Waals surface area contributed by atoms with E-state index in [0.717, 1.165) is 37.1 Å². The third-order valence-electron chi connectivity index (χ3n) is 6.16. The predicted octanol–water partition coefficient (Wildman–Crippen LogP) is 0.736. The summed E-state index contributed by atoms with van der Waals surface area (Å²) in [7, 11) is 0. The number of nitrogens with one attached hydrogen (secondary N) is 3. The molecule has 9 nitrogen and oxygen atoms in total. The third kappa shape index (κ3) is 4.02. The van der Waals surface area contributed by atoms with E-state index < -0.39 is 0 Å². The fraction of sp³-hybridized carbons (Fsp3) is 0.391. The highest BCUT2D eigenvalue weighted by Crippen LogP contribution is 2.30. The second-order valence-corrected chi connectivity index (χ2v) is 8.33. The van der Waals surface area contributed by atoms with Crippen LogP contribution in [0.2, 0.25) is 0 Å². The van der Waals surface area contributed by atoms with E-state index in [9.17, 15) is 14.9 Å². The third-order valence-corrected chi connectivity index (χ3v) is 6.16. The molecule has 0 spiro atoms. The number of nitrogens with zero attached hydrogens (tertiary/aromatic N) is 3. The van der Waals surface area contributed by atoms with E-state index >= 15 is 0 Å². The zero-order chi connectivity index (χ0) is 22.1. The highest BCUT2D eigenvalue weighted by atomic mass is 16.5. The fourth-order valence-electron chi connectivity index (χ4n) is 4.62. The fourth-order valence-corrected chi connectivity index (χ4v) is 4.62. The quantitative estimate of drug-likeness (QED) is 0.576. The van der Waals surface area contributed by atoms with Gasteiger partial charge in [0.15, 0.2) is 18.2 Å². The lowest BCUT2D eigenvalue weighted by Gasteiger charge is -2.21. The molecule has 3 N–H and O–H groups in total. The molecule has 0 radical (unpaired) electrons. The Morgan fingerprint density at radius 2 is 1.97 bits per heavy atom. The first-order valence-corrected chi connectivity index (χ1v) is 10.8. The number of benzene rings is 1. The van der Waals surface area contributed by atoms with Gasteiger partial charge in [0.25, 0.3) is 5.91 Å². The predicted molar refractivity (Wildman–Crippen MR) is 117 cm³/mol. The summed E-state index contributed by atoms with van der Waals surface area (Å²) in [5, 5.41) is 19.0. The second kappa shape index (κ2) is 8.57. The summed E-state index contributed by atoms with van der Waals surface area (Å²) in [6, 6.07) is 12.1. The SMILES string of the molecule is N#Cc1cccc2c1CC(NCCNC1CC(=O)N(c3ccc4c(n3)NC(=O)CO4)C1)C2. The van der Waals surface area contributed by atoms with Crippen LogP contribution in [0.4, 0.5) is 11.6 Å². The maximum atomic E-state index is 12.5. The Morgan fingerprint density at radius 1 is 1.12 bits per heavy atom. The topological polar surface area (TPSA) is 119 Å². The summed E-state index contributed by atoms with van der Waals surface area (Å²) >= 11 is 0. The maximum Gasteiger partial charge on any atom is 0.263 e. The molecule has 32 heavy (non-hydrogen) atoms. The van der Waals surface area contributed by atoms with Crippen LogP contribution in [0.1, 0.15) is 23.1 Å². The number of anilines is 2. The molecule has 2 aliphatic heterocycles. The van der Waals surface area contributed by atoms with Crippen molar-refractivity contribution in [2.24, 2.45) is 0 Å². The van der Waals surface area contributed by atoms with Crippen molar-refractivity contribution in [2.75, 3.05) is 36.5 Å². The summed E-state index contributed by atoms with van der Waals surface area (Å²) in [6.07, 6.45) is 2.21. The van der Waals surface area contributed by atoms with Gasteiger partial charge in [-0.15, -0.1) is 0 Å². The summed E-state index contributed by atoms with van der Waals surface area (Å²) < 4.78 is 5.33. The van der Waals surface area contributed by atoms with Crippen LogP contribution in [-0.4, -0.2) is 55.1 Å². The van der Waals surface area contributed by atoms with E-state index in [1.54, 1.807) is 17.0 Å². The summed E-state index contributed by atoms with van der Waals surface area (Å²) in [4.78, 5) is 30.1. The van der Waals surface area contributed by atoms with Gasteiger partial charge >= 0.3 is 0 Å². The molecule has 1 aromatic carbocycles. The number of hydrogen-bond donors (Lipinski definition) is 3. The molecular weight excluding hydrogens is 408 g/mol. The lowest BCUT2D eigenvalue weighted by atomic mass is 10.0. The van der Waals surface area contributed by atoms with E-state index in [1.165, 1.54) is 5.56 Å². The Hall–Kier alpha value is -3.48. The number of amides is 2. The van der Waals surface area contributed by atoms with Crippen molar-refractivity contribution in [3.8, 4) is 11.8 Å². The normalized spacial score (nSPS) is 21.5. The zero-order valence-electron chi connectivity index (χ0n) is 17.6. The monoisotopic (exact) mass is 432 g/mol. The number of carbonyl (C=O) groups excluding carboxylic acids is 2. The standard InChI is InChI=1S/C23H24N6O3/c24-11-15-3-1-2-14-8-16(9-18(14)15)25-6-7-26-17-10-22(31)29(12-17)20-5-4-19-23(27-20)28-21(30)13-32-19/h1-5,16-17,25-26H,6-10,12-13H2,(H,27,28,30). The minimum atomic E-state index is -0.254. The van der Waals surface area contributed by atoms with Gasteiger partial charge < -0.3 is 20.7 Å². The number of ether oxygens (including phenoxy) is 1. The van der Waals surface area contributed by atoms with E-state index in [-0.39, 0.29) is 24.5 Å². The van der Waals surface area contributed by atoms with Crippen LogP contribution in [0, 0.1) is 11.3 Å². The van der Waals surface area contributed by atoms with Gasteiger partial charge in [0.05, 0.1) is 11.6 Å². The molecule has 1 fully saturated rings. The second-order valence-electron chi connectivity index (χ2n) is 8.33. The molecule has 9 heteroatoms. The van der Waals surface area contributed by atoms with Gasteiger partial charge in [-0.2, -0.15) is 5.26 Å². The minimum Gasteiger partial charge on any atom is -0.480 e. The average molecular weight is 432 g/mol. The largest absolute Gasteiger partial charge is 0.480 e. The van der Waals surface area contributed by atoms with Gasteiger partial charge in [0.2, 0.25) is 5.91 Å². The van der Waals surface area contributed by atoms with E-state index in [0.29, 0.717) is 36.4 Å². The Kier molecular flexibility index (Phi) is 5.47. The molecule has 3 heterocycles. The van der Waals surface area contributed by atoms with E-state index in [4.69, 9.17) is 4.74 Å². The van der Waals surface area contributed by atoms with Crippen LogP contribution < -0.4 is 25.6 Å². The smallest absolute Gasteiger partial charge is 0.263 e. The highest BCUT2D eigenvalue weighted by Gasteiger charge is 2.32. The first kappa shape index (κ1) is 20.4. The van der Waals surface area contributed by atoms with Gasteiger partial charge in [-0.3, -0.25) is 14.5 Å². The van der Waals surface area contributed by atoms with Gasteiger partial charge in [-0.25, -0.2) is 4.98 Å². The van der Waals surface area contributed by atoms with Crippen molar-refractivity contribution in [1.29, 1.82) is 5.26 Å². The lowest BCUT2D eigenvalue weighted by molar-refractivity contribution is -0.118. The van der Waals surface area contributed by atoms with Crippen molar-refractivity contribution in [2.45, 2.75) is 31.3 Å². The van der Waals surface area contributed by atoms with Crippen LogP contribution in [-0.2, 0) is 22.4 Å². The van der Waals surface area contributed by atoms with Crippen LogP contribution in [0.25, 0.3) is 0 Å². The van der Waals surface area contributed by atoms with Crippen LogP contribution in [0.15, 0.2) is 30.3 Å². The molecule has 2 unspecified atom stereocenters. The molecule has 2 aromatic rings. The molecule has 2 amide bonds. The van der Waals surface area contributed by atoms with Gasteiger partial charge in [-0.05, 0) is 42.2 Å². The lowest BCUT2D eigenvalue weighted by Crippen LogP contribution is -2.40. The number of carbonyl (C=O) groups is 2. The molecule has 3 aliphatic rings. The minimum absolute atomic E-state index is 0.00115. The zero-order valence-corrected chi connectivity index (χ0v) is 17.6. The van der Waals surface area contributed by atoms with Crippen molar-refractivity contribution in [1.82, 2.24) is 15.6 Å². The van der Waals surface area contributed by atoms with Crippen LogP contribution in [0.5, 0.6) is 5.75 Å². The van der Waals surface area contributed by atoms with Crippen molar-refractivity contribution in [3.05, 3.63) is 47.0 Å². The molecular formula is C23H24N6O3. The number of pyridine rings is 1. The van der Waals surface area contributed by atoms with Crippen molar-refractivity contribution < 1.29 is 14.3 Å². The Morgan fingerprint density at radius 3 is 2.81 bits per heavy atom. The molecule has 0 saturated carbocycles. The summed E-state index contributed by atoms with van der Waals surface area (Å²) in [6.45, 7) is 2.03. The number of hydrogen-bond acceptors (Lipinski definition) is 7. The molecule has 1 aromatic heterocycles. The number of rotatable bonds is 6.